The maximum absolute atomic E-state index is 12.2. The van der Waals surface area contributed by atoms with E-state index in [2.05, 4.69) is 6.58 Å². The van der Waals surface area contributed by atoms with Gasteiger partial charge in [0.25, 0.3) is 0 Å². The van der Waals surface area contributed by atoms with Gasteiger partial charge in [0, 0.05) is 0 Å². The first-order valence-corrected chi connectivity index (χ1v) is 6.01. The summed E-state index contributed by atoms with van der Waals surface area (Å²) in [6, 6.07) is 0. The normalized spacial score (nSPS) is 24.9. The third kappa shape index (κ3) is 2.19. The Morgan fingerprint density at radius 1 is 1.53 bits per heavy atom. The molecule has 0 aromatic carbocycles. The second-order valence-corrected chi connectivity index (χ2v) is 4.41. The molecule has 3 heteroatoms. The number of carbonyl (C=O) groups excluding carboxylic acids is 2. The van der Waals surface area contributed by atoms with Crippen molar-refractivity contribution in [3.8, 4) is 0 Å². The number of allylic oxidation sites excluding steroid dienone is 1. The number of ketones is 1. The van der Waals surface area contributed by atoms with Crippen molar-refractivity contribution < 1.29 is 14.3 Å². The fourth-order valence-corrected chi connectivity index (χ4v) is 2.47. The highest BCUT2D eigenvalue weighted by Gasteiger charge is 2.48. The number of Topliss-reactive ketones (excluding diaryl/α,β-unsaturated/α-hetero) is 1. The van der Waals surface area contributed by atoms with Gasteiger partial charge in [-0.15, -0.1) is 0 Å². The number of carbonyl (C=O) groups is 2. The Labute approximate surface area is 103 Å². The van der Waals surface area contributed by atoms with Crippen molar-refractivity contribution in [3.63, 3.8) is 0 Å². The van der Waals surface area contributed by atoms with E-state index in [1.54, 1.807) is 6.92 Å². The van der Waals surface area contributed by atoms with Gasteiger partial charge >= 0.3 is 5.97 Å². The van der Waals surface area contributed by atoms with Crippen LogP contribution in [0, 0.1) is 5.41 Å². The van der Waals surface area contributed by atoms with E-state index in [9.17, 15) is 9.59 Å². The lowest BCUT2D eigenvalue weighted by atomic mass is 9.71. The summed E-state index contributed by atoms with van der Waals surface area (Å²) >= 11 is 0. The van der Waals surface area contributed by atoms with Crippen molar-refractivity contribution in [3.05, 3.63) is 23.8 Å². The molecule has 94 valence electrons. The second-order valence-electron chi connectivity index (χ2n) is 4.41. The summed E-state index contributed by atoms with van der Waals surface area (Å²) in [5.41, 5.74) is 0.174. The summed E-state index contributed by atoms with van der Waals surface area (Å²) in [6.07, 6.45) is 4.44. The van der Waals surface area contributed by atoms with Gasteiger partial charge in [-0.05, 0) is 51.2 Å². The van der Waals surface area contributed by atoms with Crippen LogP contribution in [0.5, 0.6) is 0 Å². The predicted octanol–water partition coefficient (Wildman–Crippen LogP) is 2.81. The van der Waals surface area contributed by atoms with E-state index < -0.39 is 11.4 Å². The Morgan fingerprint density at radius 3 is 2.71 bits per heavy atom. The molecule has 1 aliphatic carbocycles. The van der Waals surface area contributed by atoms with Crippen molar-refractivity contribution in [1.29, 1.82) is 0 Å². The quantitative estimate of drug-likeness (QED) is 0.430. The van der Waals surface area contributed by atoms with E-state index in [1.165, 1.54) is 6.92 Å². The van der Waals surface area contributed by atoms with Crippen molar-refractivity contribution in [2.75, 3.05) is 6.61 Å². The van der Waals surface area contributed by atoms with Gasteiger partial charge in [-0.2, -0.15) is 0 Å². The van der Waals surface area contributed by atoms with Crippen molar-refractivity contribution in [1.82, 2.24) is 0 Å². The minimum absolute atomic E-state index is 0.198. The van der Waals surface area contributed by atoms with Crippen LogP contribution in [-0.4, -0.2) is 18.4 Å². The standard InChI is InChI=1S/C14H20O3/c1-5-17-13(16)14(12(4)15)10(2)8-6-7-9-11(14)3/h9H,2,5-8H2,1,3-4H3. The van der Waals surface area contributed by atoms with E-state index in [0.717, 1.165) is 18.4 Å². The van der Waals surface area contributed by atoms with Crippen LogP contribution < -0.4 is 0 Å². The van der Waals surface area contributed by atoms with Crippen LogP contribution in [0.25, 0.3) is 0 Å². The maximum Gasteiger partial charge on any atom is 0.328 e. The van der Waals surface area contributed by atoms with E-state index in [-0.39, 0.29) is 12.4 Å². The summed E-state index contributed by atoms with van der Waals surface area (Å²) in [5, 5.41) is 0. The molecular weight excluding hydrogens is 216 g/mol. The minimum atomic E-state index is -1.24. The third-order valence-corrected chi connectivity index (χ3v) is 3.36. The molecule has 0 aliphatic heterocycles. The highest BCUT2D eigenvalue weighted by atomic mass is 16.5. The number of esters is 1. The third-order valence-electron chi connectivity index (χ3n) is 3.36. The largest absolute Gasteiger partial charge is 0.465 e. The molecule has 3 nitrogen and oxygen atoms in total. The zero-order valence-electron chi connectivity index (χ0n) is 10.8. The lowest BCUT2D eigenvalue weighted by Crippen LogP contribution is -2.41. The Morgan fingerprint density at radius 2 is 2.18 bits per heavy atom. The van der Waals surface area contributed by atoms with Crippen molar-refractivity contribution in [2.24, 2.45) is 5.41 Å². The van der Waals surface area contributed by atoms with Crippen molar-refractivity contribution >= 4 is 11.8 Å². The molecule has 1 atom stereocenters. The molecule has 0 fully saturated rings. The first kappa shape index (κ1) is 13.7. The van der Waals surface area contributed by atoms with E-state index >= 15 is 0 Å². The Kier molecular flexibility index (Phi) is 4.27. The second kappa shape index (κ2) is 5.30. The van der Waals surface area contributed by atoms with Crippen LogP contribution in [0.3, 0.4) is 0 Å². The fourth-order valence-electron chi connectivity index (χ4n) is 2.47. The first-order chi connectivity index (χ1) is 7.97. The molecular formula is C14H20O3. The molecule has 0 bridgehead atoms. The first-order valence-electron chi connectivity index (χ1n) is 6.01. The molecule has 1 aliphatic rings. The smallest absolute Gasteiger partial charge is 0.328 e. The molecule has 1 rings (SSSR count). The lowest BCUT2D eigenvalue weighted by Gasteiger charge is -2.31. The van der Waals surface area contributed by atoms with Crippen molar-refractivity contribution in [2.45, 2.75) is 40.0 Å². The minimum Gasteiger partial charge on any atom is -0.465 e. The van der Waals surface area contributed by atoms with E-state index in [1.807, 2.05) is 13.0 Å². The highest BCUT2D eigenvalue weighted by Crippen LogP contribution is 2.42. The molecule has 0 heterocycles. The van der Waals surface area contributed by atoms with E-state index in [0.29, 0.717) is 12.0 Å². The number of rotatable bonds is 3. The van der Waals surface area contributed by atoms with Gasteiger partial charge < -0.3 is 4.74 Å². The molecule has 1 unspecified atom stereocenters. The SMILES string of the molecule is C=C1CCCC=C(C)C1(C(C)=O)C(=O)OCC. The topological polar surface area (TPSA) is 43.4 Å². The predicted molar refractivity (Wildman–Crippen MR) is 66.5 cm³/mol. The monoisotopic (exact) mass is 236 g/mol. The van der Waals surface area contributed by atoms with E-state index in [4.69, 9.17) is 4.74 Å². The zero-order chi connectivity index (χ0) is 13.1. The van der Waals surface area contributed by atoms with Gasteiger partial charge in [0.05, 0.1) is 6.61 Å². The maximum atomic E-state index is 12.2. The van der Waals surface area contributed by atoms with Gasteiger partial charge in [-0.25, -0.2) is 0 Å². The lowest BCUT2D eigenvalue weighted by molar-refractivity contribution is -0.154. The van der Waals surface area contributed by atoms with Gasteiger partial charge in [0.1, 0.15) is 0 Å². The Hall–Kier alpha value is -1.38. The molecule has 0 radical (unpaired) electrons. The van der Waals surface area contributed by atoms with Crippen LogP contribution in [-0.2, 0) is 14.3 Å². The Balaban J connectivity index is 3.32. The summed E-state index contributed by atoms with van der Waals surface area (Å²) < 4.78 is 5.08. The fraction of sp³-hybridized carbons (Fsp3) is 0.571. The zero-order valence-corrected chi connectivity index (χ0v) is 10.8. The average molecular weight is 236 g/mol. The summed E-state index contributed by atoms with van der Waals surface area (Å²) in [6.45, 7) is 9.20. The summed E-state index contributed by atoms with van der Waals surface area (Å²) in [5.74, 6) is -0.676. The summed E-state index contributed by atoms with van der Waals surface area (Å²) in [4.78, 5) is 24.2. The van der Waals surface area contributed by atoms with Gasteiger partial charge in [0.2, 0.25) is 0 Å². The highest BCUT2D eigenvalue weighted by molar-refractivity contribution is 6.09. The number of hydrogen-bond acceptors (Lipinski definition) is 3. The molecule has 17 heavy (non-hydrogen) atoms. The van der Waals surface area contributed by atoms with Crippen LogP contribution in [0.15, 0.2) is 23.8 Å². The average Bonchev–Trinajstić information content (AvgIpc) is 2.38. The molecule has 0 aromatic rings. The van der Waals surface area contributed by atoms with Gasteiger partial charge in [-0.1, -0.05) is 12.7 Å². The molecule has 0 saturated carbocycles. The molecule has 0 spiro atoms. The molecule has 0 aromatic heterocycles. The molecule has 0 saturated heterocycles. The molecule has 0 amide bonds. The van der Waals surface area contributed by atoms with Gasteiger partial charge in [-0.3, -0.25) is 9.59 Å². The number of hydrogen-bond donors (Lipinski definition) is 0. The number of ether oxygens (including phenoxy) is 1. The Bertz CT molecular complexity index is 379. The van der Waals surface area contributed by atoms with Crippen LogP contribution in [0.1, 0.15) is 40.0 Å². The van der Waals surface area contributed by atoms with Crippen LogP contribution in [0.2, 0.25) is 0 Å². The molecule has 0 N–H and O–H groups in total. The summed E-state index contributed by atoms with van der Waals surface area (Å²) in [7, 11) is 0. The van der Waals surface area contributed by atoms with Crippen LogP contribution >= 0.6 is 0 Å². The van der Waals surface area contributed by atoms with Crippen LogP contribution in [0.4, 0.5) is 0 Å². The van der Waals surface area contributed by atoms with Gasteiger partial charge in [0.15, 0.2) is 11.2 Å².